The second-order valence-corrected chi connectivity index (χ2v) is 10.5. The Bertz CT molecular complexity index is 1600. The van der Waals surface area contributed by atoms with Gasteiger partial charge in [0.05, 0.1) is 28.5 Å². The Balaban J connectivity index is 1.43. The molecule has 0 aliphatic carbocycles. The maximum absolute atomic E-state index is 14.0. The first-order valence-corrected chi connectivity index (χ1v) is 12.8. The van der Waals surface area contributed by atoms with Crippen LogP contribution in [0.3, 0.4) is 0 Å². The summed E-state index contributed by atoms with van der Waals surface area (Å²) in [5.41, 5.74) is 3.89. The van der Waals surface area contributed by atoms with Crippen molar-refractivity contribution in [3.05, 3.63) is 104 Å². The Morgan fingerprint density at radius 3 is 2.38 bits per heavy atom. The monoisotopic (exact) mass is 542 g/mol. The van der Waals surface area contributed by atoms with Crippen LogP contribution >= 0.6 is 11.6 Å². The number of hydrogen-bond acceptors (Lipinski definition) is 6. The standard InChI is InChI=1S/C29H23ClN4O5/c1-15-11-16(2)13-19(12-15)33-28(36)23-24(29(33)37)26(32-10-9-17-5-3-4-6-20(17)25(23)32)27(35)31-18-7-8-21(30)22(14-18)34(38)39/h3-14,23-26H,1-2H3,(H,31,35). The summed E-state index contributed by atoms with van der Waals surface area (Å²) in [6.07, 6.45) is 3.61. The number of nitro benzene ring substituents is 1. The van der Waals surface area contributed by atoms with Crippen LogP contribution in [0, 0.1) is 35.8 Å². The van der Waals surface area contributed by atoms with Gasteiger partial charge in [0.1, 0.15) is 11.1 Å². The van der Waals surface area contributed by atoms with Crippen molar-refractivity contribution in [2.75, 3.05) is 10.2 Å². The first kappa shape index (κ1) is 24.8. The Kier molecular flexibility index (Phi) is 5.76. The minimum absolute atomic E-state index is 0.0600. The molecule has 4 atom stereocenters. The lowest BCUT2D eigenvalue weighted by Crippen LogP contribution is -2.46. The molecule has 2 fully saturated rings. The highest BCUT2D eigenvalue weighted by Gasteiger charge is 2.64. The van der Waals surface area contributed by atoms with E-state index in [9.17, 15) is 24.5 Å². The van der Waals surface area contributed by atoms with E-state index in [4.69, 9.17) is 11.6 Å². The maximum Gasteiger partial charge on any atom is 0.289 e. The molecular formula is C29H23ClN4O5. The number of nitrogens with zero attached hydrogens (tertiary/aromatic N) is 3. The number of benzene rings is 3. The highest BCUT2D eigenvalue weighted by Crippen LogP contribution is 2.53. The number of amides is 3. The van der Waals surface area contributed by atoms with Gasteiger partial charge in [-0.2, -0.15) is 0 Å². The van der Waals surface area contributed by atoms with Gasteiger partial charge in [0.25, 0.3) is 5.69 Å². The molecule has 39 heavy (non-hydrogen) atoms. The molecule has 4 unspecified atom stereocenters. The van der Waals surface area contributed by atoms with Gasteiger partial charge in [-0.25, -0.2) is 4.90 Å². The van der Waals surface area contributed by atoms with Crippen LogP contribution in [0.1, 0.15) is 28.3 Å². The van der Waals surface area contributed by atoms with E-state index in [0.29, 0.717) is 5.69 Å². The van der Waals surface area contributed by atoms with Crippen LogP contribution in [-0.2, 0) is 14.4 Å². The number of halogens is 1. The Morgan fingerprint density at radius 2 is 1.67 bits per heavy atom. The maximum atomic E-state index is 14.0. The molecule has 0 aromatic heterocycles. The summed E-state index contributed by atoms with van der Waals surface area (Å²) in [4.78, 5) is 55.5. The molecule has 6 rings (SSSR count). The number of carbonyl (C=O) groups excluding carboxylic acids is 3. The number of fused-ring (bicyclic) bond motifs is 5. The minimum atomic E-state index is -1.02. The molecule has 9 nitrogen and oxygen atoms in total. The van der Waals surface area contributed by atoms with Crippen LogP contribution in [-0.4, -0.2) is 33.6 Å². The molecule has 10 heteroatoms. The van der Waals surface area contributed by atoms with E-state index in [1.165, 1.54) is 23.1 Å². The number of anilines is 2. The lowest BCUT2D eigenvalue weighted by Gasteiger charge is -2.35. The van der Waals surface area contributed by atoms with Gasteiger partial charge in [-0.1, -0.05) is 41.9 Å². The van der Waals surface area contributed by atoms with Crippen LogP contribution in [0.2, 0.25) is 5.02 Å². The summed E-state index contributed by atoms with van der Waals surface area (Å²) in [5, 5.41) is 14.0. The third-order valence-electron chi connectivity index (χ3n) is 7.61. The molecule has 3 aromatic rings. The predicted octanol–water partition coefficient (Wildman–Crippen LogP) is 5.02. The van der Waals surface area contributed by atoms with E-state index in [1.807, 2.05) is 50.3 Å². The van der Waals surface area contributed by atoms with Gasteiger partial charge in [0, 0.05) is 18.0 Å². The fourth-order valence-corrected chi connectivity index (χ4v) is 6.32. The lowest BCUT2D eigenvalue weighted by molar-refractivity contribution is -0.384. The van der Waals surface area contributed by atoms with Crippen molar-refractivity contribution in [3.63, 3.8) is 0 Å². The quantitative estimate of drug-likeness (QED) is 0.281. The van der Waals surface area contributed by atoms with E-state index in [1.54, 1.807) is 23.2 Å². The van der Waals surface area contributed by atoms with Crippen molar-refractivity contribution in [1.29, 1.82) is 0 Å². The predicted molar refractivity (Wildman–Crippen MR) is 146 cm³/mol. The third-order valence-corrected chi connectivity index (χ3v) is 7.92. The topological polar surface area (TPSA) is 113 Å². The van der Waals surface area contributed by atoms with E-state index < -0.39 is 40.7 Å². The van der Waals surface area contributed by atoms with Gasteiger partial charge in [-0.3, -0.25) is 24.5 Å². The number of aryl methyl sites for hydroxylation is 2. The first-order chi connectivity index (χ1) is 18.7. The normalized spacial score (nSPS) is 22.9. The average molecular weight is 543 g/mol. The first-order valence-electron chi connectivity index (χ1n) is 12.4. The number of imide groups is 1. The zero-order valence-electron chi connectivity index (χ0n) is 21.0. The van der Waals surface area contributed by atoms with Crippen molar-refractivity contribution in [1.82, 2.24) is 4.90 Å². The molecule has 196 valence electrons. The smallest absolute Gasteiger partial charge is 0.289 e. The highest BCUT2D eigenvalue weighted by molar-refractivity contribution is 6.32. The second kappa shape index (κ2) is 9.06. The van der Waals surface area contributed by atoms with Gasteiger partial charge in [0.15, 0.2) is 0 Å². The second-order valence-electron chi connectivity index (χ2n) is 10.1. The van der Waals surface area contributed by atoms with Crippen molar-refractivity contribution in [2.24, 2.45) is 11.8 Å². The summed E-state index contributed by atoms with van der Waals surface area (Å²) in [6.45, 7) is 3.79. The summed E-state index contributed by atoms with van der Waals surface area (Å²) < 4.78 is 0. The molecule has 3 amide bonds. The Labute approximate surface area is 228 Å². The molecular weight excluding hydrogens is 520 g/mol. The molecule has 3 aromatic carbocycles. The Hall–Kier alpha value is -4.50. The summed E-state index contributed by atoms with van der Waals surface area (Å²) in [5.74, 6) is -3.09. The number of carbonyl (C=O) groups is 3. The van der Waals surface area contributed by atoms with Crippen LogP contribution in [0.15, 0.2) is 66.9 Å². The lowest BCUT2D eigenvalue weighted by atomic mass is 9.84. The number of nitro groups is 1. The van der Waals surface area contributed by atoms with Crippen LogP contribution in [0.25, 0.3) is 6.08 Å². The van der Waals surface area contributed by atoms with Gasteiger partial charge < -0.3 is 10.2 Å². The molecule has 0 bridgehead atoms. The van der Waals surface area contributed by atoms with Crippen LogP contribution < -0.4 is 10.2 Å². The van der Waals surface area contributed by atoms with Gasteiger partial charge in [0.2, 0.25) is 17.7 Å². The van der Waals surface area contributed by atoms with Crippen LogP contribution in [0.5, 0.6) is 0 Å². The molecule has 3 aliphatic rings. The summed E-state index contributed by atoms with van der Waals surface area (Å²) in [7, 11) is 0. The van der Waals surface area contributed by atoms with E-state index in [-0.39, 0.29) is 22.3 Å². The van der Waals surface area contributed by atoms with E-state index in [2.05, 4.69) is 5.32 Å². The SMILES string of the molecule is Cc1cc(C)cc(N2C(=O)C3C(C2=O)C2c4ccccc4C=CN2C3C(=O)Nc2ccc(Cl)c([N+](=O)[O-])c2)c1. The number of rotatable bonds is 4. The molecule has 3 heterocycles. The largest absolute Gasteiger partial charge is 0.357 e. The number of nitrogens with one attached hydrogen (secondary N) is 1. The molecule has 0 radical (unpaired) electrons. The van der Waals surface area contributed by atoms with E-state index >= 15 is 0 Å². The van der Waals surface area contributed by atoms with Crippen molar-refractivity contribution in [2.45, 2.75) is 25.9 Å². The molecule has 1 N–H and O–H groups in total. The Morgan fingerprint density at radius 1 is 0.974 bits per heavy atom. The average Bonchev–Trinajstić information content (AvgIpc) is 3.37. The van der Waals surface area contributed by atoms with Crippen molar-refractivity contribution in [3.8, 4) is 0 Å². The zero-order chi connectivity index (χ0) is 27.6. The zero-order valence-corrected chi connectivity index (χ0v) is 21.8. The van der Waals surface area contributed by atoms with Crippen LogP contribution in [0.4, 0.5) is 17.1 Å². The van der Waals surface area contributed by atoms with Crippen molar-refractivity contribution < 1.29 is 19.3 Å². The summed E-state index contributed by atoms with van der Waals surface area (Å²) in [6, 6.07) is 15.6. The molecule has 0 saturated carbocycles. The number of hydrogen-bond donors (Lipinski definition) is 1. The third kappa shape index (κ3) is 3.88. The fourth-order valence-electron chi connectivity index (χ4n) is 6.14. The highest BCUT2D eigenvalue weighted by atomic mass is 35.5. The van der Waals surface area contributed by atoms with Gasteiger partial charge in [-0.05, 0) is 66.4 Å². The minimum Gasteiger partial charge on any atom is -0.357 e. The molecule has 0 spiro atoms. The van der Waals surface area contributed by atoms with E-state index in [0.717, 1.165) is 22.3 Å². The van der Waals surface area contributed by atoms with Crippen molar-refractivity contribution >= 4 is 52.5 Å². The molecule has 3 aliphatic heterocycles. The summed E-state index contributed by atoms with van der Waals surface area (Å²) >= 11 is 5.94. The van der Waals surface area contributed by atoms with Gasteiger partial charge >= 0.3 is 0 Å². The molecule has 2 saturated heterocycles. The van der Waals surface area contributed by atoms with Gasteiger partial charge in [-0.15, -0.1) is 0 Å². The fraction of sp³-hybridized carbons (Fsp3) is 0.207.